The van der Waals surface area contributed by atoms with E-state index in [1.165, 1.54) is 11.3 Å². The van der Waals surface area contributed by atoms with Crippen LogP contribution in [0.2, 0.25) is 0 Å². The minimum absolute atomic E-state index is 0.208. The second-order valence-electron chi connectivity index (χ2n) is 2.80. The molecule has 0 fully saturated rings. The van der Waals surface area contributed by atoms with Crippen LogP contribution in [0.3, 0.4) is 0 Å². The van der Waals surface area contributed by atoms with Gasteiger partial charge in [0.1, 0.15) is 5.88 Å². The van der Waals surface area contributed by atoms with E-state index in [9.17, 15) is 9.59 Å². The van der Waals surface area contributed by atoms with Gasteiger partial charge in [-0.05, 0) is 6.92 Å². The van der Waals surface area contributed by atoms with Crippen LogP contribution in [0.15, 0.2) is 10.9 Å². The number of ether oxygens (including phenoxy) is 1. The zero-order valence-corrected chi connectivity index (χ0v) is 10.2. The van der Waals surface area contributed by atoms with Crippen molar-refractivity contribution in [2.45, 2.75) is 13.0 Å². The molecule has 0 radical (unpaired) electrons. The molecular formula is C9H11ClN2O3S. The molecule has 16 heavy (non-hydrogen) atoms. The first-order valence-corrected chi connectivity index (χ1v) is 6.06. The van der Waals surface area contributed by atoms with Gasteiger partial charge in [0, 0.05) is 5.38 Å². The fraction of sp³-hybridized carbons (Fsp3) is 0.444. The smallest absolute Gasteiger partial charge is 0.335 e. The summed E-state index contributed by atoms with van der Waals surface area (Å²) >= 11 is 6.69. The van der Waals surface area contributed by atoms with Crippen LogP contribution in [0.4, 0.5) is 0 Å². The molecule has 0 spiro atoms. The summed E-state index contributed by atoms with van der Waals surface area (Å²) < 4.78 is 4.84. The number of carbonyl (C=O) groups excluding carboxylic acids is 2. The van der Waals surface area contributed by atoms with Gasteiger partial charge in [-0.25, -0.2) is 9.78 Å². The van der Waals surface area contributed by atoms with E-state index >= 15 is 0 Å². The van der Waals surface area contributed by atoms with Gasteiger partial charge in [0.25, 0.3) is 0 Å². The van der Waals surface area contributed by atoms with E-state index in [-0.39, 0.29) is 12.5 Å². The van der Waals surface area contributed by atoms with Crippen LogP contribution in [0.1, 0.15) is 18.7 Å². The first-order chi connectivity index (χ1) is 7.69. The van der Waals surface area contributed by atoms with Crippen LogP contribution in [-0.4, -0.2) is 29.3 Å². The quantitative estimate of drug-likeness (QED) is 0.637. The number of hydrogen-bond donors (Lipinski definition) is 1. The lowest BCUT2D eigenvalue weighted by Gasteiger charge is -2.14. The van der Waals surface area contributed by atoms with Gasteiger partial charge in [-0.3, -0.25) is 4.79 Å². The molecule has 1 N–H and O–H groups in total. The Kier molecular flexibility index (Phi) is 5.21. The Hall–Kier alpha value is -1.14. The van der Waals surface area contributed by atoms with Crippen molar-refractivity contribution in [3.05, 3.63) is 16.6 Å². The fourth-order valence-electron chi connectivity index (χ4n) is 1.04. The highest BCUT2D eigenvalue weighted by molar-refractivity contribution is 7.07. The highest BCUT2D eigenvalue weighted by Crippen LogP contribution is 2.14. The molecule has 1 aromatic rings. The van der Waals surface area contributed by atoms with Gasteiger partial charge in [0.2, 0.25) is 5.91 Å². The molecule has 0 saturated heterocycles. The van der Waals surface area contributed by atoms with Crippen LogP contribution in [0.25, 0.3) is 0 Å². The van der Waals surface area contributed by atoms with Crippen molar-refractivity contribution in [2.24, 2.45) is 0 Å². The summed E-state index contributed by atoms with van der Waals surface area (Å²) in [5.41, 5.74) is 2.04. The molecule has 1 rings (SSSR count). The molecule has 0 bridgehead atoms. The van der Waals surface area contributed by atoms with Crippen molar-refractivity contribution in [1.29, 1.82) is 0 Å². The minimum Gasteiger partial charge on any atom is -0.464 e. The first-order valence-electron chi connectivity index (χ1n) is 4.59. The number of esters is 1. The number of amides is 1. The molecule has 0 aromatic carbocycles. The monoisotopic (exact) mass is 262 g/mol. The van der Waals surface area contributed by atoms with E-state index in [0.29, 0.717) is 5.69 Å². The third-order valence-electron chi connectivity index (χ3n) is 1.70. The molecule has 5 nitrogen and oxygen atoms in total. The summed E-state index contributed by atoms with van der Waals surface area (Å²) in [6, 6.07) is -0.877. The zero-order chi connectivity index (χ0) is 12.0. The molecule has 0 aliphatic carbocycles. The maximum atomic E-state index is 11.6. The van der Waals surface area contributed by atoms with Crippen LogP contribution >= 0.6 is 22.9 Å². The number of thiazole rings is 1. The summed E-state index contributed by atoms with van der Waals surface area (Å²) in [6.45, 7) is 1.94. The summed E-state index contributed by atoms with van der Waals surface area (Å²) in [5.74, 6) is -1.18. The molecule has 88 valence electrons. The Morgan fingerprint density at radius 2 is 2.44 bits per heavy atom. The number of nitrogens with zero attached hydrogens (tertiary/aromatic N) is 1. The van der Waals surface area contributed by atoms with Crippen molar-refractivity contribution in [3.8, 4) is 0 Å². The average molecular weight is 263 g/mol. The van der Waals surface area contributed by atoms with Crippen molar-refractivity contribution in [2.75, 3.05) is 12.5 Å². The van der Waals surface area contributed by atoms with E-state index in [0.717, 1.165) is 0 Å². The molecule has 1 amide bonds. The number of carbonyl (C=O) groups is 2. The summed E-state index contributed by atoms with van der Waals surface area (Å²) in [5, 5.41) is 4.13. The second kappa shape index (κ2) is 6.44. The molecule has 1 aromatic heterocycles. The number of alkyl halides is 1. The fourth-order valence-corrected chi connectivity index (χ4v) is 1.70. The third-order valence-corrected chi connectivity index (χ3v) is 2.54. The molecule has 0 saturated carbocycles. The maximum Gasteiger partial charge on any atom is 0.335 e. The number of aromatic nitrogens is 1. The average Bonchev–Trinajstić information content (AvgIpc) is 2.78. The predicted molar refractivity (Wildman–Crippen MR) is 60.4 cm³/mol. The van der Waals surface area contributed by atoms with E-state index < -0.39 is 17.9 Å². The zero-order valence-electron chi connectivity index (χ0n) is 8.60. The topological polar surface area (TPSA) is 68.3 Å². The van der Waals surface area contributed by atoms with Crippen LogP contribution in [0, 0.1) is 0 Å². The highest BCUT2D eigenvalue weighted by atomic mass is 35.5. The Balaban J connectivity index is 2.77. The van der Waals surface area contributed by atoms with Gasteiger partial charge in [-0.15, -0.1) is 22.9 Å². The lowest BCUT2D eigenvalue weighted by Crippen LogP contribution is -2.35. The molecule has 1 heterocycles. The van der Waals surface area contributed by atoms with Crippen molar-refractivity contribution < 1.29 is 14.3 Å². The van der Waals surface area contributed by atoms with Gasteiger partial charge in [0.05, 0.1) is 17.8 Å². The largest absolute Gasteiger partial charge is 0.464 e. The van der Waals surface area contributed by atoms with Gasteiger partial charge < -0.3 is 10.1 Å². The molecule has 1 unspecified atom stereocenters. The SMILES string of the molecule is CCOC(=O)C(NC(=O)CCl)c1cscn1. The van der Waals surface area contributed by atoms with Crippen molar-refractivity contribution in [1.82, 2.24) is 10.3 Å². The van der Waals surface area contributed by atoms with E-state index in [2.05, 4.69) is 10.3 Å². The van der Waals surface area contributed by atoms with Crippen molar-refractivity contribution in [3.63, 3.8) is 0 Å². The Labute approximate surface area is 102 Å². The molecule has 0 aliphatic heterocycles. The number of hydrogen-bond acceptors (Lipinski definition) is 5. The Bertz CT molecular complexity index is 356. The Morgan fingerprint density at radius 1 is 1.69 bits per heavy atom. The molecular weight excluding hydrogens is 252 g/mol. The molecule has 1 atom stereocenters. The predicted octanol–water partition coefficient (Wildman–Crippen LogP) is 1.10. The van der Waals surface area contributed by atoms with Crippen LogP contribution in [-0.2, 0) is 14.3 Å². The van der Waals surface area contributed by atoms with E-state index in [1.54, 1.807) is 17.8 Å². The van der Waals surface area contributed by atoms with E-state index in [1.807, 2.05) is 0 Å². The third kappa shape index (κ3) is 3.46. The lowest BCUT2D eigenvalue weighted by molar-refractivity contribution is -0.147. The highest BCUT2D eigenvalue weighted by Gasteiger charge is 2.25. The summed E-state index contributed by atoms with van der Waals surface area (Å²) in [6.07, 6.45) is 0. The molecule has 7 heteroatoms. The number of rotatable bonds is 5. The molecule has 0 aliphatic rings. The standard InChI is InChI=1S/C9H11ClN2O3S/c1-2-15-9(14)8(12-7(13)3-10)6-4-16-5-11-6/h4-5,8H,2-3H2,1H3,(H,12,13). The van der Waals surface area contributed by atoms with Gasteiger partial charge in [-0.1, -0.05) is 0 Å². The first kappa shape index (κ1) is 12.9. The number of halogens is 1. The Morgan fingerprint density at radius 3 is 2.94 bits per heavy atom. The van der Waals surface area contributed by atoms with Crippen LogP contribution in [0.5, 0.6) is 0 Å². The second-order valence-corrected chi connectivity index (χ2v) is 3.79. The maximum absolute atomic E-state index is 11.6. The van der Waals surface area contributed by atoms with Gasteiger partial charge >= 0.3 is 5.97 Å². The van der Waals surface area contributed by atoms with Gasteiger partial charge in [-0.2, -0.15) is 0 Å². The lowest BCUT2D eigenvalue weighted by atomic mass is 10.2. The van der Waals surface area contributed by atoms with Crippen molar-refractivity contribution >= 4 is 34.8 Å². The van der Waals surface area contributed by atoms with Crippen LogP contribution < -0.4 is 5.32 Å². The van der Waals surface area contributed by atoms with Gasteiger partial charge in [0.15, 0.2) is 6.04 Å². The number of nitrogens with one attached hydrogen (secondary N) is 1. The normalized spacial score (nSPS) is 11.9. The summed E-state index contributed by atoms with van der Waals surface area (Å²) in [4.78, 5) is 26.7. The minimum atomic E-state index is -0.877. The summed E-state index contributed by atoms with van der Waals surface area (Å²) in [7, 11) is 0. The van der Waals surface area contributed by atoms with E-state index in [4.69, 9.17) is 16.3 Å².